The summed E-state index contributed by atoms with van der Waals surface area (Å²) in [5.41, 5.74) is 7.13. The largest absolute Gasteiger partial charge is 0.472 e. The Balaban J connectivity index is 2.04. The number of hydrogen-bond acceptors (Lipinski definition) is 5. The van der Waals surface area contributed by atoms with Gasteiger partial charge in [0.25, 0.3) is 0 Å². The second kappa shape index (κ2) is 4.58. The molecule has 1 radical (unpaired) electrons. The fourth-order valence-corrected chi connectivity index (χ4v) is 1.87. The zero-order chi connectivity index (χ0) is 14.1. The van der Waals surface area contributed by atoms with Gasteiger partial charge in [-0.2, -0.15) is 0 Å². The lowest BCUT2D eigenvalue weighted by Crippen LogP contribution is -2.14. The van der Waals surface area contributed by atoms with Crippen molar-refractivity contribution in [2.75, 3.05) is 0 Å². The maximum Gasteiger partial charge on any atom is 0.380 e. The molecule has 3 N–H and O–H groups in total. The molecule has 2 heterocycles. The third-order valence-corrected chi connectivity index (χ3v) is 2.75. The van der Waals surface area contributed by atoms with E-state index in [1.165, 1.54) is 24.9 Å². The molecular weight excluding hydrogens is 260 g/mol. The van der Waals surface area contributed by atoms with Crippen molar-refractivity contribution in [2.24, 2.45) is 5.73 Å². The predicted octanol–water partition coefficient (Wildman–Crippen LogP) is 2.28. The molecule has 0 atom stereocenters. The van der Waals surface area contributed by atoms with Gasteiger partial charge in [-0.1, -0.05) is 0 Å². The molecule has 3 rings (SSSR count). The van der Waals surface area contributed by atoms with Gasteiger partial charge in [0.05, 0.1) is 24.4 Å². The van der Waals surface area contributed by atoms with Crippen LogP contribution in [0.15, 0.2) is 45.8 Å². The highest BCUT2D eigenvalue weighted by Crippen LogP contribution is 2.38. The molecule has 6 heteroatoms. The number of hydrogen-bond donors (Lipinski definition) is 2. The van der Waals surface area contributed by atoms with E-state index in [0.717, 1.165) is 0 Å². The first-order chi connectivity index (χ1) is 9.66. The first-order valence-corrected chi connectivity index (χ1v) is 5.67. The maximum absolute atomic E-state index is 11.9. The number of nitrogens with two attached hydrogens (primary N) is 1. The first-order valence-electron chi connectivity index (χ1n) is 5.67. The number of furan rings is 1. The summed E-state index contributed by atoms with van der Waals surface area (Å²) in [7, 11) is 0. The molecule has 20 heavy (non-hydrogen) atoms. The van der Waals surface area contributed by atoms with Gasteiger partial charge in [-0.15, -0.1) is 0 Å². The Morgan fingerprint density at radius 1 is 1.40 bits per heavy atom. The zero-order valence-corrected chi connectivity index (χ0v) is 10.2. The van der Waals surface area contributed by atoms with E-state index < -0.39 is 5.97 Å². The highest BCUT2D eigenvalue weighted by atomic mass is 16.5. The van der Waals surface area contributed by atoms with Crippen LogP contribution in [-0.4, -0.2) is 11.8 Å². The van der Waals surface area contributed by atoms with Crippen molar-refractivity contribution in [1.82, 2.24) is 0 Å². The second-order valence-corrected chi connectivity index (χ2v) is 4.01. The van der Waals surface area contributed by atoms with Crippen LogP contribution in [-0.2, 0) is 0 Å². The van der Waals surface area contributed by atoms with Crippen LogP contribution in [0.2, 0.25) is 0 Å². The molecule has 1 aromatic rings. The van der Waals surface area contributed by atoms with Gasteiger partial charge in [-0.05, 0) is 18.2 Å². The molecule has 0 saturated carbocycles. The van der Waals surface area contributed by atoms with E-state index >= 15 is 0 Å². The van der Waals surface area contributed by atoms with Gasteiger partial charge < -0.3 is 19.3 Å². The average Bonchev–Trinajstić information content (AvgIpc) is 3.06. The molecular formula is C14H9N2O4. The molecule has 2 aliphatic rings. The van der Waals surface area contributed by atoms with Crippen LogP contribution in [0.5, 0.6) is 5.75 Å². The van der Waals surface area contributed by atoms with Gasteiger partial charge in [0.1, 0.15) is 11.6 Å². The average molecular weight is 269 g/mol. The number of amidine groups is 1. The van der Waals surface area contributed by atoms with Crippen LogP contribution in [0.25, 0.3) is 11.1 Å². The lowest BCUT2D eigenvalue weighted by atomic mass is 10.2. The highest BCUT2D eigenvalue weighted by Gasteiger charge is 2.23. The van der Waals surface area contributed by atoms with Gasteiger partial charge in [0, 0.05) is 17.2 Å². The first kappa shape index (κ1) is 12.0. The highest BCUT2D eigenvalue weighted by molar-refractivity contribution is 6.04. The normalized spacial score (nSPS) is 10.6. The molecule has 1 aliphatic heterocycles. The van der Waals surface area contributed by atoms with Crippen molar-refractivity contribution in [2.45, 2.75) is 0 Å². The Morgan fingerprint density at radius 3 is 2.95 bits per heavy atom. The Bertz CT molecular complexity index is 743. The fraction of sp³-hybridized carbons (Fsp3) is 0. The van der Waals surface area contributed by atoms with Crippen LogP contribution in [0.4, 0.5) is 0 Å². The standard InChI is InChI=1S/C14H9N2O4/c15-13(16)10-6-8-7-18-5-3-9(8)12(10)20-14(17)11-2-1-4-19-11/h1,3-7H,(H3,15,16). The SMILES string of the molecule is N=C(N)c1cc2coccc-2c1OC(=O)c1[c]cco1. The molecule has 1 aromatic heterocycles. The molecule has 0 saturated heterocycles. The Hall–Kier alpha value is -3.02. The molecule has 0 amide bonds. The van der Waals surface area contributed by atoms with Crippen molar-refractivity contribution in [3.05, 3.63) is 54.4 Å². The minimum Gasteiger partial charge on any atom is -0.472 e. The summed E-state index contributed by atoms with van der Waals surface area (Å²) < 4.78 is 15.2. The third kappa shape index (κ3) is 1.93. The number of esters is 1. The van der Waals surface area contributed by atoms with E-state index in [4.69, 9.17) is 24.7 Å². The number of ether oxygens (including phenoxy) is 1. The summed E-state index contributed by atoms with van der Waals surface area (Å²) in [5, 5.41) is 7.55. The van der Waals surface area contributed by atoms with Crippen LogP contribution in [0, 0.1) is 11.5 Å². The van der Waals surface area contributed by atoms with Gasteiger partial charge in [0.2, 0.25) is 5.76 Å². The summed E-state index contributed by atoms with van der Waals surface area (Å²) in [4.78, 5) is 11.9. The van der Waals surface area contributed by atoms with E-state index in [0.29, 0.717) is 16.7 Å². The minimum atomic E-state index is -0.703. The van der Waals surface area contributed by atoms with E-state index in [1.54, 1.807) is 12.1 Å². The maximum atomic E-state index is 11.9. The molecule has 6 nitrogen and oxygen atoms in total. The molecule has 1 aliphatic carbocycles. The van der Waals surface area contributed by atoms with E-state index in [1.807, 2.05) is 0 Å². The second-order valence-electron chi connectivity index (χ2n) is 4.01. The summed E-state index contributed by atoms with van der Waals surface area (Å²) in [6, 6.07) is 7.32. The number of rotatable bonds is 3. The van der Waals surface area contributed by atoms with Crippen molar-refractivity contribution >= 4 is 11.8 Å². The number of nitrogens with one attached hydrogen (secondary N) is 1. The topological polar surface area (TPSA) is 102 Å². The fourth-order valence-electron chi connectivity index (χ4n) is 1.87. The van der Waals surface area contributed by atoms with Crippen LogP contribution < -0.4 is 10.5 Å². The Kier molecular flexibility index (Phi) is 2.76. The smallest absolute Gasteiger partial charge is 0.380 e. The summed E-state index contributed by atoms with van der Waals surface area (Å²) in [5.74, 6) is -0.745. The van der Waals surface area contributed by atoms with Gasteiger partial charge in [-0.3, -0.25) is 5.41 Å². The number of carbonyl (C=O) groups excluding carboxylic acids is 1. The predicted molar refractivity (Wildman–Crippen MR) is 68.8 cm³/mol. The van der Waals surface area contributed by atoms with Gasteiger partial charge >= 0.3 is 5.97 Å². The number of nitrogen functional groups attached to an aromatic ring is 1. The van der Waals surface area contributed by atoms with Crippen LogP contribution in [0.3, 0.4) is 0 Å². The van der Waals surface area contributed by atoms with Crippen LogP contribution >= 0.6 is 0 Å². The van der Waals surface area contributed by atoms with Crippen molar-refractivity contribution in [3.63, 3.8) is 0 Å². The quantitative estimate of drug-likeness (QED) is 0.431. The molecule has 0 spiro atoms. The summed E-state index contributed by atoms with van der Waals surface area (Å²) in [6.45, 7) is 0. The summed E-state index contributed by atoms with van der Waals surface area (Å²) in [6.07, 6.45) is 4.26. The number of carbonyl (C=O) groups is 1. The zero-order valence-electron chi connectivity index (χ0n) is 10.2. The molecule has 0 fully saturated rings. The molecule has 0 unspecified atom stereocenters. The third-order valence-electron chi connectivity index (χ3n) is 2.75. The molecule has 99 valence electrons. The summed E-state index contributed by atoms with van der Waals surface area (Å²) >= 11 is 0. The Morgan fingerprint density at radius 2 is 2.25 bits per heavy atom. The van der Waals surface area contributed by atoms with Gasteiger partial charge in [0.15, 0.2) is 0 Å². The van der Waals surface area contributed by atoms with Crippen molar-refractivity contribution in [1.29, 1.82) is 5.41 Å². The molecule has 0 bridgehead atoms. The van der Waals surface area contributed by atoms with E-state index in [9.17, 15) is 4.79 Å². The number of fused-ring (bicyclic) bond motifs is 1. The lowest BCUT2D eigenvalue weighted by molar-refractivity contribution is 0.0702. The Labute approximate surface area is 113 Å². The lowest BCUT2D eigenvalue weighted by Gasteiger charge is -2.06. The minimum absolute atomic E-state index is 0.0468. The monoisotopic (exact) mass is 269 g/mol. The van der Waals surface area contributed by atoms with Crippen molar-refractivity contribution < 1.29 is 18.4 Å². The van der Waals surface area contributed by atoms with Crippen molar-refractivity contribution in [3.8, 4) is 16.9 Å². The molecule has 0 aromatic carbocycles. The van der Waals surface area contributed by atoms with Crippen LogP contribution in [0.1, 0.15) is 16.1 Å². The van der Waals surface area contributed by atoms with E-state index in [2.05, 4.69) is 6.07 Å². The van der Waals surface area contributed by atoms with E-state index in [-0.39, 0.29) is 17.3 Å². The van der Waals surface area contributed by atoms with Gasteiger partial charge in [-0.25, -0.2) is 4.79 Å².